The molecule has 0 spiro atoms. The molecule has 0 fully saturated rings. The quantitative estimate of drug-likeness (QED) is 0.800. The molecule has 0 amide bonds. The maximum absolute atomic E-state index is 12.8. The van der Waals surface area contributed by atoms with Gasteiger partial charge in [0.1, 0.15) is 16.6 Å². The highest BCUT2D eigenvalue weighted by Gasteiger charge is 2.21. The largest absolute Gasteiger partial charge is 0.493 e. The third kappa shape index (κ3) is 2.48. The molecule has 0 unspecified atom stereocenters. The Morgan fingerprint density at radius 2 is 1.65 bits per heavy atom. The van der Waals surface area contributed by atoms with E-state index < -0.39 is 0 Å². The second-order valence-electron chi connectivity index (χ2n) is 5.18. The summed E-state index contributed by atoms with van der Waals surface area (Å²) in [6.45, 7) is 1.95. The number of hydrogen-bond donors (Lipinski definition) is 1. The van der Waals surface area contributed by atoms with Crippen LogP contribution in [0.25, 0.3) is 16.6 Å². The zero-order valence-corrected chi connectivity index (χ0v) is 13.1. The fourth-order valence-corrected chi connectivity index (χ4v) is 2.49. The molecule has 6 nitrogen and oxygen atoms in total. The van der Waals surface area contributed by atoms with E-state index >= 15 is 0 Å². The van der Waals surface area contributed by atoms with Gasteiger partial charge in [0.25, 0.3) is 0 Å². The normalized spacial score (nSPS) is 10.7. The lowest BCUT2D eigenvalue weighted by atomic mass is 10.2. The van der Waals surface area contributed by atoms with E-state index in [0.29, 0.717) is 28.1 Å². The topological polar surface area (TPSA) is 74.8 Å². The van der Waals surface area contributed by atoms with Gasteiger partial charge in [-0.1, -0.05) is 17.7 Å². The number of aromatic hydroxyl groups is 1. The maximum Gasteiger partial charge on any atom is 0.460 e. The number of fused-ring (bicyclic) bond motifs is 1. The average Bonchev–Trinajstić information content (AvgIpc) is 2.55. The van der Waals surface area contributed by atoms with Crippen LogP contribution in [0.3, 0.4) is 0 Å². The van der Waals surface area contributed by atoms with Crippen LogP contribution in [0.4, 0.5) is 0 Å². The maximum atomic E-state index is 12.8. The number of aromatic nitrogens is 2. The first kappa shape index (κ1) is 14.9. The van der Waals surface area contributed by atoms with Gasteiger partial charge in [0.15, 0.2) is 11.5 Å². The number of nitrogens with one attached hydrogen (secondary N) is 1. The smallest absolute Gasteiger partial charge is 0.460 e. The lowest BCUT2D eigenvalue weighted by Crippen LogP contribution is -2.26. The standard InChI is InChI=1S/C17H16N2O4/c1-10-4-6-11(7-5-10)19-16(20)12-8-14(22-2)15(23-3)9-13(12)18-17(19)21/h4-9H,1-3H3,(H,18,21)/p+1. The van der Waals surface area contributed by atoms with Crippen molar-refractivity contribution >= 4 is 10.9 Å². The minimum atomic E-state index is -0.346. The lowest BCUT2D eigenvalue weighted by molar-refractivity contribution is -0.370. The molecular weight excluding hydrogens is 296 g/mol. The van der Waals surface area contributed by atoms with Gasteiger partial charge in [-0.2, -0.15) is 0 Å². The van der Waals surface area contributed by atoms with E-state index in [0.717, 1.165) is 5.56 Å². The second-order valence-corrected chi connectivity index (χ2v) is 5.18. The number of ether oxygens (including phenoxy) is 2. The number of H-pyrrole nitrogens is 1. The van der Waals surface area contributed by atoms with Crippen LogP contribution in [-0.2, 0) is 0 Å². The first-order valence-electron chi connectivity index (χ1n) is 7.05. The highest BCUT2D eigenvalue weighted by molar-refractivity contribution is 5.79. The monoisotopic (exact) mass is 313 g/mol. The van der Waals surface area contributed by atoms with Gasteiger partial charge >= 0.3 is 11.6 Å². The molecule has 1 aromatic heterocycles. The molecule has 0 bridgehead atoms. The van der Waals surface area contributed by atoms with Gasteiger partial charge in [0, 0.05) is 12.1 Å². The van der Waals surface area contributed by atoms with Crippen molar-refractivity contribution in [3.8, 4) is 23.2 Å². The number of methoxy groups -OCH3 is 2. The van der Waals surface area contributed by atoms with Crippen LogP contribution in [0.1, 0.15) is 5.56 Å². The molecule has 6 heteroatoms. The number of benzene rings is 2. The summed E-state index contributed by atoms with van der Waals surface area (Å²) in [6, 6.07) is 10.3. The molecule has 118 valence electrons. The molecule has 1 heterocycles. The van der Waals surface area contributed by atoms with E-state index in [1.54, 1.807) is 24.3 Å². The molecule has 2 aromatic carbocycles. The highest BCUT2D eigenvalue weighted by atomic mass is 16.5. The summed E-state index contributed by atoms with van der Waals surface area (Å²) in [7, 11) is 3.02. The van der Waals surface area contributed by atoms with Crippen LogP contribution in [0, 0.1) is 6.92 Å². The van der Waals surface area contributed by atoms with Crippen LogP contribution in [0.2, 0.25) is 0 Å². The van der Waals surface area contributed by atoms with Gasteiger partial charge in [0.05, 0.1) is 14.2 Å². The summed E-state index contributed by atoms with van der Waals surface area (Å²) in [5, 5.41) is 10.6. The fraction of sp³-hybridized carbons (Fsp3) is 0.176. The third-order valence-electron chi connectivity index (χ3n) is 3.71. The number of hydrogen-bond acceptors (Lipinski definition) is 4. The van der Waals surface area contributed by atoms with Crippen LogP contribution >= 0.6 is 0 Å². The molecule has 0 aliphatic rings. The Kier molecular flexibility index (Phi) is 3.65. The first-order valence-corrected chi connectivity index (χ1v) is 7.05. The molecule has 0 aliphatic heterocycles. The van der Waals surface area contributed by atoms with Crippen molar-refractivity contribution in [1.29, 1.82) is 0 Å². The Morgan fingerprint density at radius 1 is 1.04 bits per heavy atom. The summed E-state index contributed by atoms with van der Waals surface area (Å²) in [5.74, 6) is 0.926. The Labute approximate surface area is 132 Å². The van der Waals surface area contributed by atoms with Crippen molar-refractivity contribution < 1.29 is 19.6 Å². The Morgan fingerprint density at radius 3 is 2.26 bits per heavy atom. The molecule has 23 heavy (non-hydrogen) atoms. The molecule has 2 N–H and O–H groups in total. The Bertz CT molecular complexity index is 930. The summed E-state index contributed by atoms with van der Waals surface area (Å²) in [4.78, 5) is 15.6. The SMILES string of the molecule is COc1cc2[nH+]c(O)n(-c3ccc(C)cc3)c(=O)c2cc1OC. The first-order chi connectivity index (χ1) is 11.0. The molecule has 0 aliphatic carbocycles. The van der Waals surface area contributed by atoms with Gasteiger partial charge in [-0.15, -0.1) is 4.57 Å². The highest BCUT2D eigenvalue weighted by Crippen LogP contribution is 2.29. The molecular formula is C17H17N2O4+. The summed E-state index contributed by atoms with van der Waals surface area (Å²) in [6.07, 6.45) is 0. The molecule has 0 atom stereocenters. The van der Waals surface area contributed by atoms with Crippen molar-refractivity contribution in [2.45, 2.75) is 6.92 Å². The van der Waals surface area contributed by atoms with E-state index in [9.17, 15) is 9.90 Å². The lowest BCUT2D eigenvalue weighted by Gasteiger charge is -2.08. The minimum absolute atomic E-state index is 0.251. The van der Waals surface area contributed by atoms with Gasteiger partial charge in [-0.05, 0) is 19.1 Å². The fourth-order valence-electron chi connectivity index (χ4n) is 2.49. The van der Waals surface area contributed by atoms with Gasteiger partial charge in [0.2, 0.25) is 0 Å². The van der Waals surface area contributed by atoms with Crippen molar-refractivity contribution in [3.05, 3.63) is 52.3 Å². The second kappa shape index (κ2) is 5.64. The number of aryl methyl sites for hydroxylation is 1. The van der Waals surface area contributed by atoms with E-state index in [1.165, 1.54) is 18.8 Å². The van der Waals surface area contributed by atoms with Crippen LogP contribution in [-0.4, -0.2) is 23.9 Å². The van der Waals surface area contributed by atoms with Gasteiger partial charge < -0.3 is 14.6 Å². The van der Waals surface area contributed by atoms with Gasteiger partial charge in [-0.3, -0.25) is 0 Å². The Hall–Kier alpha value is -3.02. The zero-order chi connectivity index (χ0) is 16.6. The number of aromatic amines is 1. The van der Waals surface area contributed by atoms with Crippen molar-refractivity contribution in [1.82, 2.24) is 4.57 Å². The summed E-state index contributed by atoms with van der Waals surface area (Å²) >= 11 is 0. The zero-order valence-electron chi connectivity index (χ0n) is 13.1. The van der Waals surface area contributed by atoms with E-state index in [2.05, 4.69) is 4.98 Å². The Balaban J connectivity index is 2.32. The number of nitrogens with zero attached hydrogens (tertiary/aromatic N) is 1. The van der Waals surface area contributed by atoms with Crippen molar-refractivity contribution in [3.63, 3.8) is 0 Å². The molecule has 0 radical (unpaired) electrons. The predicted octanol–water partition coefficient (Wildman–Crippen LogP) is 1.84. The van der Waals surface area contributed by atoms with E-state index in [-0.39, 0.29) is 11.6 Å². The minimum Gasteiger partial charge on any atom is -0.493 e. The van der Waals surface area contributed by atoms with E-state index in [1.807, 2.05) is 19.1 Å². The molecule has 0 saturated carbocycles. The molecule has 0 saturated heterocycles. The molecule has 3 rings (SSSR count). The third-order valence-corrected chi connectivity index (χ3v) is 3.71. The van der Waals surface area contributed by atoms with Crippen molar-refractivity contribution in [2.75, 3.05) is 14.2 Å². The van der Waals surface area contributed by atoms with Gasteiger partial charge in [-0.25, -0.2) is 9.78 Å². The molecule has 3 aromatic rings. The van der Waals surface area contributed by atoms with Crippen LogP contribution < -0.4 is 20.0 Å². The van der Waals surface area contributed by atoms with Crippen LogP contribution in [0.5, 0.6) is 17.5 Å². The van der Waals surface area contributed by atoms with Crippen molar-refractivity contribution in [2.24, 2.45) is 0 Å². The summed E-state index contributed by atoms with van der Waals surface area (Å²) < 4.78 is 11.7. The predicted molar refractivity (Wildman–Crippen MR) is 85.6 cm³/mol. The van der Waals surface area contributed by atoms with E-state index in [4.69, 9.17) is 9.47 Å². The van der Waals surface area contributed by atoms with Crippen LogP contribution in [0.15, 0.2) is 41.2 Å². The number of rotatable bonds is 3. The summed E-state index contributed by atoms with van der Waals surface area (Å²) in [5.41, 5.74) is 1.76. The average molecular weight is 313 g/mol.